The highest BCUT2D eigenvalue weighted by Gasteiger charge is 2.14. The van der Waals surface area contributed by atoms with Gasteiger partial charge in [0.05, 0.1) is 25.1 Å². The van der Waals surface area contributed by atoms with E-state index in [0.717, 1.165) is 0 Å². The minimum absolute atomic E-state index is 0.0873. The van der Waals surface area contributed by atoms with E-state index in [2.05, 4.69) is 4.99 Å². The van der Waals surface area contributed by atoms with Gasteiger partial charge in [0.2, 0.25) is 0 Å². The molecule has 1 amide bonds. The minimum atomic E-state index is -0.0873. The zero-order valence-corrected chi connectivity index (χ0v) is 9.50. The van der Waals surface area contributed by atoms with Crippen LogP contribution in [0.25, 0.3) is 0 Å². The van der Waals surface area contributed by atoms with Gasteiger partial charge in [-0.3, -0.25) is 9.79 Å². The Balaban J connectivity index is 1.97. The molecule has 1 saturated heterocycles. The van der Waals surface area contributed by atoms with Crippen molar-refractivity contribution in [1.82, 2.24) is 4.90 Å². The van der Waals surface area contributed by atoms with E-state index in [1.54, 1.807) is 29.2 Å². The number of aliphatic imine (C=N–C) groups is 1. The van der Waals surface area contributed by atoms with Gasteiger partial charge in [-0.2, -0.15) is 0 Å². The third-order valence-electron chi connectivity index (χ3n) is 2.52. The summed E-state index contributed by atoms with van der Waals surface area (Å²) in [5, 5.41) is 0. The molecule has 17 heavy (non-hydrogen) atoms. The molecule has 2 rings (SSSR count). The van der Waals surface area contributed by atoms with Crippen molar-refractivity contribution < 1.29 is 9.53 Å². The summed E-state index contributed by atoms with van der Waals surface area (Å²) in [6.07, 6.45) is 1.33. The fourth-order valence-electron chi connectivity index (χ4n) is 1.60. The van der Waals surface area contributed by atoms with Crippen LogP contribution in [0.15, 0.2) is 29.3 Å². The van der Waals surface area contributed by atoms with E-state index in [4.69, 9.17) is 10.5 Å². The number of ether oxygens (including phenoxy) is 1. The number of nitrogens with two attached hydrogens (primary N) is 1. The molecule has 1 aliphatic heterocycles. The molecule has 5 heteroatoms. The molecule has 0 unspecified atom stereocenters. The lowest BCUT2D eigenvalue weighted by atomic mass is 10.3. The molecule has 0 bridgehead atoms. The zero-order chi connectivity index (χ0) is 12.1. The monoisotopic (exact) mass is 233 g/mol. The summed E-state index contributed by atoms with van der Waals surface area (Å²) in [5.74, 6) is -0.0873. The maximum atomic E-state index is 11.7. The summed E-state index contributed by atoms with van der Waals surface area (Å²) in [6, 6.07) is 7.12. The summed E-state index contributed by atoms with van der Waals surface area (Å²) >= 11 is 0. The van der Waals surface area contributed by atoms with Crippen LogP contribution in [0.1, 0.15) is 0 Å². The van der Waals surface area contributed by atoms with Crippen LogP contribution in [0.2, 0.25) is 0 Å². The number of anilines is 1. The lowest BCUT2D eigenvalue weighted by Crippen LogP contribution is -2.41. The van der Waals surface area contributed by atoms with Crippen LogP contribution in [-0.2, 0) is 9.53 Å². The number of rotatable bonds is 2. The molecular weight excluding hydrogens is 218 g/mol. The highest BCUT2D eigenvalue weighted by Crippen LogP contribution is 2.14. The number of hydrogen-bond acceptors (Lipinski definition) is 4. The molecule has 1 aromatic rings. The molecular formula is C12H15N3O2. The van der Waals surface area contributed by atoms with Crippen molar-refractivity contribution >= 4 is 23.5 Å². The highest BCUT2D eigenvalue weighted by atomic mass is 16.5. The van der Waals surface area contributed by atoms with Gasteiger partial charge >= 0.3 is 0 Å². The van der Waals surface area contributed by atoms with Crippen LogP contribution >= 0.6 is 0 Å². The third kappa shape index (κ3) is 3.29. The summed E-state index contributed by atoms with van der Waals surface area (Å²) in [4.78, 5) is 17.6. The normalized spacial score (nSPS) is 16.4. The van der Waals surface area contributed by atoms with Gasteiger partial charge in [-0.25, -0.2) is 0 Å². The summed E-state index contributed by atoms with van der Waals surface area (Å²) in [5.41, 5.74) is 6.95. The smallest absolute Gasteiger partial charge is 0.265 e. The number of nitrogens with zero attached hydrogens (tertiary/aromatic N) is 2. The van der Waals surface area contributed by atoms with Gasteiger partial charge in [0.25, 0.3) is 5.91 Å². The van der Waals surface area contributed by atoms with Gasteiger partial charge < -0.3 is 15.4 Å². The van der Waals surface area contributed by atoms with Crippen molar-refractivity contribution in [1.29, 1.82) is 0 Å². The first-order valence-corrected chi connectivity index (χ1v) is 5.52. The van der Waals surface area contributed by atoms with Crippen LogP contribution in [-0.4, -0.2) is 43.3 Å². The number of amides is 1. The molecule has 2 N–H and O–H groups in total. The Kier molecular flexibility index (Phi) is 3.72. The standard InChI is InChI=1S/C12H15N3O2/c13-10-2-1-3-11(8-10)14-9-12(16)15-4-6-17-7-5-15/h1-3,8-9H,4-7,13H2. The van der Waals surface area contributed by atoms with E-state index < -0.39 is 0 Å². The largest absolute Gasteiger partial charge is 0.399 e. The second-order valence-corrected chi connectivity index (χ2v) is 3.79. The van der Waals surface area contributed by atoms with Gasteiger partial charge in [0.1, 0.15) is 0 Å². The van der Waals surface area contributed by atoms with Gasteiger partial charge in [-0.1, -0.05) is 6.07 Å². The predicted molar refractivity (Wildman–Crippen MR) is 66.4 cm³/mol. The molecule has 0 saturated carbocycles. The summed E-state index contributed by atoms with van der Waals surface area (Å²) in [7, 11) is 0. The van der Waals surface area contributed by atoms with Gasteiger partial charge in [0.15, 0.2) is 0 Å². The molecule has 1 aliphatic rings. The molecule has 1 fully saturated rings. The molecule has 0 aliphatic carbocycles. The SMILES string of the molecule is Nc1cccc(N=CC(=O)N2CCOCC2)c1. The number of hydrogen-bond donors (Lipinski definition) is 1. The number of nitrogen functional groups attached to an aromatic ring is 1. The first kappa shape index (κ1) is 11.6. The van der Waals surface area contributed by atoms with Gasteiger partial charge in [0, 0.05) is 18.8 Å². The Bertz CT molecular complexity index is 426. The quantitative estimate of drug-likeness (QED) is 0.607. The van der Waals surface area contributed by atoms with Gasteiger partial charge in [-0.05, 0) is 18.2 Å². The van der Waals surface area contributed by atoms with Crippen molar-refractivity contribution in [3.05, 3.63) is 24.3 Å². The number of benzene rings is 1. The van der Waals surface area contributed by atoms with Gasteiger partial charge in [-0.15, -0.1) is 0 Å². The Morgan fingerprint density at radius 2 is 2.18 bits per heavy atom. The van der Waals surface area contributed by atoms with Crippen LogP contribution < -0.4 is 5.73 Å². The maximum absolute atomic E-state index is 11.7. The third-order valence-corrected chi connectivity index (χ3v) is 2.52. The van der Waals surface area contributed by atoms with Crippen LogP contribution in [0.4, 0.5) is 11.4 Å². The van der Waals surface area contributed by atoms with E-state index in [9.17, 15) is 4.79 Å². The summed E-state index contributed by atoms with van der Waals surface area (Å²) in [6.45, 7) is 2.44. The van der Waals surface area contributed by atoms with Crippen molar-refractivity contribution in [3.63, 3.8) is 0 Å². The molecule has 0 atom stereocenters. The summed E-state index contributed by atoms with van der Waals surface area (Å²) < 4.78 is 5.17. The fraction of sp³-hybridized carbons (Fsp3) is 0.333. The molecule has 5 nitrogen and oxygen atoms in total. The fourth-order valence-corrected chi connectivity index (χ4v) is 1.60. The Labute approximate surface area is 99.9 Å². The molecule has 1 aromatic carbocycles. The van der Waals surface area contributed by atoms with Crippen molar-refractivity contribution in [3.8, 4) is 0 Å². The van der Waals surface area contributed by atoms with Crippen LogP contribution in [0.5, 0.6) is 0 Å². The van der Waals surface area contributed by atoms with E-state index in [-0.39, 0.29) is 5.91 Å². The molecule has 0 radical (unpaired) electrons. The predicted octanol–water partition coefficient (Wildman–Crippen LogP) is 0.830. The zero-order valence-electron chi connectivity index (χ0n) is 9.50. The molecule has 0 spiro atoms. The second-order valence-electron chi connectivity index (χ2n) is 3.79. The first-order valence-electron chi connectivity index (χ1n) is 5.52. The van der Waals surface area contributed by atoms with Crippen molar-refractivity contribution in [2.45, 2.75) is 0 Å². The van der Waals surface area contributed by atoms with Crippen molar-refractivity contribution in [2.24, 2.45) is 4.99 Å². The van der Waals surface area contributed by atoms with Crippen LogP contribution in [0, 0.1) is 0 Å². The minimum Gasteiger partial charge on any atom is -0.399 e. The number of morpholine rings is 1. The Morgan fingerprint density at radius 3 is 2.88 bits per heavy atom. The lowest BCUT2D eigenvalue weighted by Gasteiger charge is -2.25. The average molecular weight is 233 g/mol. The second kappa shape index (κ2) is 5.45. The Morgan fingerprint density at radius 1 is 1.41 bits per heavy atom. The van der Waals surface area contributed by atoms with E-state index in [0.29, 0.717) is 37.7 Å². The highest BCUT2D eigenvalue weighted by molar-refractivity contribution is 6.26. The topological polar surface area (TPSA) is 67.9 Å². The molecule has 90 valence electrons. The van der Waals surface area contributed by atoms with E-state index >= 15 is 0 Å². The average Bonchev–Trinajstić information content (AvgIpc) is 2.37. The lowest BCUT2D eigenvalue weighted by molar-refractivity contribution is -0.127. The van der Waals surface area contributed by atoms with E-state index in [1.807, 2.05) is 0 Å². The maximum Gasteiger partial charge on any atom is 0.265 e. The molecule has 1 heterocycles. The van der Waals surface area contributed by atoms with Crippen molar-refractivity contribution in [2.75, 3.05) is 32.0 Å². The Hall–Kier alpha value is -1.88. The number of carbonyl (C=O) groups excluding carboxylic acids is 1. The molecule has 0 aromatic heterocycles. The van der Waals surface area contributed by atoms with Crippen LogP contribution in [0.3, 0.4) is 0 Å². The number of carbonyl (C=O) groups is 1. The first-order chi connectivity index (χ1) is 8.25. The van der Waals surface area contributed by atoms with E-state index in [1.165, 1.54) is 6.21 Å².